The minimum Gasteiger partial charge on any atom is -0.326 e. The number of likely N-dealkylation sites (N-methyl/N-ethyl adjacent to an activating group) is 1. The van der Waals surface area contributed by atoms with E-state index in [2.05, 4.69) is 32.7 Å². The fourth-order valence-electron chi connectivity index (χ4n) is 4.08. The van der Waals surface area contributed by atoms with E-state index in [1.165, 1.54) is 44.9 Å². The third kappa shape index (κ3) is 2.75. The number of nitrogens with zero attached hydrogens (tertiary/aromatic N) is 1. The quantitative estimate of drug-likeness (QED) is 0.834. The van der Waals surface area contributed by atoms with Crippen molar-refractivity contribution in [2.24, 2.45) is 17.1 Å². The van der Waals surface area contributed by atoms with E-state index in [0.29, 0.717) is 17.5 Å². The first-order valence-corrected chi connectivity index (χ1v) is 7.93. The van der Waals surface area contributed by atoms with Crippen LogP contribution in [-0.2, 0) is 0 Å². The summed E-state index contributed by atoms with van der Waals surface area (Å²) in [5, 5.41) is 0. The average Bonchev–Trinajstić information content (AvgIpc) is 2.64. The van der Waals surface area contributed by atoms with Crippen molar-refractivity contribution in [2.45, 2.75) is 83.8 Å². The molecule has 2 aliphatic rings. The van der Waals surface area contributed by atoms with Gasteiger partial charge in [-0.25, -0.2) is 0 Å². The second kappa shape index (κ2) is 5.50. The lowest BCUT2D eigenvalue weighted by Gasteiger charge is -2.40. The monoisotopic (exact) mass is 252 g/mol. The molecule has 0 radical (unpaired) electrons. The third-order valence-electron chi connectivity index (χ3n) is 5.89. The number of rotatable bonds is 3. The van der Waals surface area contributed by atoms with Gasteiger partial charge in [0.2, 0.25) is 0 Å². The van der Waals surface area contributed by atoms with Crippen LogP contribution in [0.25, 0.3) is 0 Å². The summed E-state index contributed by atoms with van der Waals surface area (Å²) in [5.74, 6) is 0.989. The summed E-state index contributed by atoms with van der Waals surface area (Å²) in [4.78, 5) is 2.63. The Morgan fingerprint density at radius 2 is 1.72 bits per heavy atom. The standard InChI is InChI=1S/C16H32N2/c1-5-12-6-8-13(9-7-12)18(4)14-10-11-16(2,3)15(14)17/h12-15H,5-11,17H2,1-4H3. The Bertz CT molecular complexity index is 266. The van der Waals surface area contributed by atoms with E-state index in [0.717, 1.165) is 12.0 Å². The maximum atomic E-state index is 6.48. The van der Waals surface area contributed by atoms with Crippen LogP contribution in [0.2, 0.25) is 0 Å². The van der Waals surface area contributed by atoms with Gasteiger partial charge in [-0.3, -0.25) is 4.90 Å². The molecule has 0 amide bonds. The summed E-state index contributed by atoms with van der Waals surface area (Å²) in [6, 6.07) is 1.76. The van der Waals surface area contributed by atoms with Crippen molar-refractivity contribution in [1.29, 1.82) is 0 Å². The maximum absolute atomic E-state index is 6.48. The van der Waals surface area contributed by atoms with Crippen LogP contribution in [-0.4, -0.2) is 30.1 Å². The molecule has 2 heteroatoms. The van der Waals surface area contributed by atoms with Crippen molar-refractivity contribution in [3.63, 3.8) is 0 Å². The molecule has 0 spiro atoms. The van der Waals surface area contributed by atoms with E-state index in [4.69, 9.17) is 5.73 Å². The first kappa shape index (κ1) is 14.3. The van der Waals surface area contributed by atoms with Gasteiger partial charge >= 0.3 is 0 Å². The van der Waals surface area contributed by atoms with E-state index < -0.39 is 0 Å². The SMILES string of the molecule is CCC1CCC(N(C)C2CCC(C)(C)C2N)CC1. The summed E-state index contributed by atoms with van der Waals surface area (Å²) >= 11 is 0. The number of nitrogens with two attached hydrogens (primary N) is 1. The predicted molar refractivity (Wildman–Crippen MR) is 78.6 cm³/mol. The summed E-state index contributed by atoms with van der Waals surface area (Å²) in [5.41, 5.74) is 6.81. The summed E-state index contributed by atoms with van der Waals surface area (Å²) in [7, 11) is 2.32. The topological polar surface area (TPSA) is 29.3 Å². The molecule has 106 valence electrons. The van der Waals surface area contributed by atoms with Gasteiger partial charge in [0.1, 0.15) is 0 Å². The molecule has 0 heterocycles. The molecule has 2 fully saturated rings. The van der Waals surface area contributed by atoms with Crippen LogP contribution in [0.15, 0.2) is 0 Å². The second-order valence-electron chi connectivity index (χ2n) is 7.37. The highest BCUT2D eigenvalue weighted by Gasteiger charge is 2.42. The van der Waals surface area contributed by atoms with E-state index in [1.54, 1.807) is 0 Å². The largest absolute Gasteiger partial charge is 0.326 e. The van der Waals surface area contributed by atoms with E-state index >= 15 is 0 Å². The van der Waals surface area contributed by atoms with Crippen molar-refractivity contribution in [2.75, 3.05) is 7.05 Å². The molecular weight excluding hydrogens is 220 g/mol. The molecule has 2 rings (SSSR count). The molecule has 2 unspecified atom stereocenters. The lowest BCUT2D eigenvalue weighted by molar-refractivity contribution is 0.104. The van der Waals surface area contributed by atoms with Gasteiger partial charge in [0.05, 0.1) is 0 Å². The zero-order valence-electron chi connectivity index (χ0n) is 12.8. The van der Waals surface area contributed by atoms with Crippen molar-refractivity contribution < 1.29 is 0 Å². The van der Waals surface area contributed by atoms with Crippen LogP contribution in [0.4, 0.5) is 0 Å². The van der Waals surface area contributed by atoms with Crippen molar-refractivity contribution in [3.8, 4) is 0 Å². The van der Waals surface area contributed by atoms with Gasteiger partial charge in [-0.05, 0) is 56.9 Å². The van der Waals surface area contributed by atoms with Crippen LogP contribution < -0.4 is 5.73 Å². The average molecular weight is 252 g/mol. The Morgan fingerprint density at radius 3 is 2.17 bits per heavy atom. The lowest BCUT2D eigenvalue weighted by Crippen LogP contribution is -2.51. The van der Waals surface area contributed by atoms with Gasteiger partial charge in [-0.2, -0.15) is 0 Å². The third-order valence-corrected chi connectivity index (χ3v) is 5.89. The predicted octanol–water partition coefficient (Wildman–Crippen LogP) is 3.40. The minimum atomic E-state index is 0.333. The van der Waals surface area contributed by atoms with Gasteiger partial charge in [-0.15, -0.1) is 0 Å². The van der Waals surface area contributed by atoms with Crippen molar-refractivity contribution in [1.82, 2.24) is 4.90 Å². The fourth-order valence-corrected chi connectivity index (χ4v) is 4.08. The number of hydrogen-bond acceptors (Lipinski definition) is 2. The van der Waals surface area contributed by atoms with Gasteiger partial charge in [0.25, 0.3) is 0 Å². The van der Waals surface area contributed by atoms with Gasteiger partial charge in [-0.1, -0.05) is 27.2 Å². The summed E-state index contributed by atoms with van der Waals surface area (Å²) in [6.07, 6.45) is 9.57. The molecule has 0 bridgehead atoms. The van der Waals surface area contributed by atoms with Crippen LogP contribution in [0.5, 0.6) is 0 Å². The molecule has 2 nitrogen and oxygen atoms in total. The molecule has 18 heavy (non-hydrogen) atoms. The Hall–Kier alpha value is -0.0800. The Labute approximate surface area is 113 Å². The molecule has 0 aromatic rings. The van der Waals surface area contributed by atoms with Gasteiger partial charge < -0.3 is 5.73 Å². The highest BCUT2D eigenvalue weighted by atomic mass is 15.2. The zero-order chi connectivity index (χ0) is 13.3. The van der Waals surface area contributed by atoms with Gasteiger partial charge in [0, 0.05) is 18.1 Å². The smallest absolute Gasteiger partial charge is 0.0252 e. The molecule has 2 N–H and O–H groups in total. The molecular formula is C16H32N2. The van der Waals surface area contributed by atoms with Gasteiger partial charge in [0.15, 0.2) is 0 Å². The Morgan fingerprint density at radius 1 is 1.11 bits per heavy atom. The molecule has 2 aliphatic carbocycles. The van der Waals surface area contributed by atoms with Crippen molar-refractivity contribution >= 4 is 0 Å². The molecule has 0 aliphatic heterocycles. The molecule has 0 aromatic carbocycles. The lowest BCUT2D eigenvalue weighted by atomic mass is 9.82. The fraction of sp³-hybridized carbons (Fsp3) is 1.00. The first-order chi connectivity index (χ1) is 8.45. The Balaban J connectivity index is 1.91. The van der Waals surface area contributed by atoms with Crippen LogP contribution >= 0.6 is 0 Å². The van der Waals surface area contributed by atoms with E-state index in [9.17, 15) is 0 Å². The molecule has 0 saturated heterocycles. The minimum absolute atomic E-state index is 0.333. The summed E-state index contributed by atoms with van der Waals surface area (Å²) in [6.45, 7) is 7.00. The highest BCUT2D eigenvalue weighted by Crippen LogP contribution is 2.40. The molecule has 2 atom stereocenters. The van der Waals surface area contributed by atoms with Crippen LogP contribution in [0.1, 0.15) is 65.7 Å². The van der Waals surface area contributed by atoms with E-state index in [1.807, 2.05) is 0 Å². The van der Waals surface area contributed by atoms with Crippen LogP contribution in [0, 0.1) is 11.3 Å². The number of hydrogen-bond donors (Lipinski definition) is 1. The normalized spacial score (nSPS) is 40.3. The summed E-state index contributed by atoms with van der Waals surface area (Å²) < 4.78 is 0. The molecule has 0 aromatic heterocycles. The van der Waals surface area contributed by atoms with E-state index in [-0.39, 0.29) is 0 Å². The molecule has 2 saturated carbocycles. The van der Waals surface area contributed by atoms with Crippen molar-refractivity contribution in [3.05, 3.63) is 0 Å². The second-order valence-corrected chi connectivity index (χ2v) is 7.37. The highest BCUT2D eigenvalue weighted by molar-refractivity contribution is 5.00. The Kier molecular flexibility index (Phi) is 4.38. The zero-order valence-corrected chi connectivity index (χ0v) is 12.8. The first-order valence-electron chi connectivity index (χ1n) is 7.93. The van der Waals surface area contributed by atoms with Crippen LogP contribution in [0.3, 0.4) is 0 Å². The maximum Gasteiger partial charge on any atom is 0.0252 e.